The van der Waals surface area contributed by atoms with Crippen LogP contribution in [0, 0.1) is 17.8 Å². The van der Waals surface area contributed by atoms with Crippen LogP contribution in [0.4, 0.5) is 0 Å². The first-order valence-corrected chi connectivity index (χ1v) is 16.9. The van der Waals surface area contributed by atoms with Gasteiger partial charge >= 0.3 is 5.97 Å². The predicted molar refractivity (Wildman–Crippen MR) is 163 cm³/mol. The number of ether oxygens (including phenoxy) is 5. The second-order valence-corrected chi connectivity index (χ2v) is 13.4. The molecule has 1 aliphatic carbocycles. The number of esters is 1. The number of alkyl halides is 1. The van der Waals surface area contributed by atoms with E-state index in [0.717, 1.165) is 90.3 Å². The van der Waals surface area contributed by atoms with Gasteiger partial charge in [0.2, 0.25) is 0 Å². The van der Waals surface area contributed by atoms with Crippen LogP contribution in [-0.2, 0) is 28.5 Å². The Morgan fingerprint density at radius 3 is 2.35 bits per heavy atom. The van der Waals surface area contributed by atoms with Gasteiger partial charge < -0.3 is 23.7 Å². The molecule has 230 valence electrons. The summed E-state index contributed by atoms with van der Waals surface area (Å²) in [5.74, 6) is 1.04. The lowest BCUT2D eigenvalue weighted by molar-refractivity contribution is -0.193. The van der Waals surface area contributed by atoms with Crippen molar-refractivity contribution in [3.63, 3.8) is 0 Å². The van der Waals surface area contributed by atoms with E-state index in [1.165, 1.54) is 19.1 Å². The molecule has 0 spiro atoms. The van der Waals surface area contributed by atoms with Crippen molar-refractivity contribution < 1.29 is 28.5 Å². The fourth-order valence-corrected chi connectivity index (χ4v) is 7.12. The Morgan fingerprint density at radius 1 is 1.00 bits per heavy atom. The number of allylic oxidation sites excluding steroid dienone is 2. The first-order valence-electron chi connectivity index (χ1n) is 15.9. The van der Waals surface area contributed by atoms with Crippen LogP contribution in [0.3, 0.4) is 0 Å². The van der Waals surface area contributed by atoms with Gasteiger partial charge in [-0.1, -0.05) is 65.9 Å². The van der Waals surface area contributed by atoms with Crippen molar-refractivity contribution in [2.45, 2.75) is 140 Å². The third-order valence-corrected chi connectivity index (χ3v) is 9.69. The van der Waals surface area contributed by atoms with Crippen LogP contribution in [0.2, 0.25) is 0 Å². The van der Waals surface area contributed by atoms with E-state index >= 15 is 0 Å². The Bertz CT molecular complexity index is 769. The van der Waals surface area contributed by atoms with Gasteiger partial charge in [-0.2, -0.15) is 0 Å². The second-order valence-electron chi connectivity index (χ2n) is 12.3. The molecule has 3 unspecified atom stereocenters. The van der Waals surface area contributed by atoms with Gasteiger partial charge in [0.05, 0.1) is 19.3 Å². The van der Waals surface area contributed by atoms with E-state index in [1.54, 1.807) is 0 Å². The minimum Gasteiger partial charge on any atom is -0.469 e. The van der Waals surface area contributed by atoms with E-state index in [9.17, 15) is 4.79 Å². The third-order valence-electron chi connectivity index (χ3n) is 8.63. The Labute approximate surface area is 252 Å². The summed E-state index contributed by atoms with van der Waals surface area (Å²) in [4.78, 5) is 11.8. The number of carbonyl (C=O) groups is 1. The van der Waals surface area contributed by atoms with Crippen LogP contribution >= 0.6 is 15.9 Å². The van der Waals surface area contributed by atoms with Gasteiger partial charge in [0, 0.05) is 30.4 Å². The highest BCUT2D eigenvalue weighted by Gasteiger charge is 2.42. The first kappa shape index (κ1) is 33.8. The second kappa shape index (κ2) is 18.7. The van der Waals surface area contributed by atoms with Crippen molar-refractivity contribution in [1.29, 1.82) is 0 Å². The lowest BCUT2D eigenvalue weighted by Gasteiger charge is -2.31. The van der Waals surface area contributed by atoms with Crippen LogP contribution < -0.4 is 0 Å². The zero-order valence-corrected chi connectivity index (χ0v) is 27.1. The Morgan fingerprint density at radius 2 is 1.70 bits per heavy atom. The van der Waals surface area contributed by atoms with E-state index < -0.39 is 0 Å². The summed E-state index contributed by atoms with van der Waals surface area (Å²) >= 11 is 4.04. The molecule has 3 fully saturated rings. The normalized spacial score (nSPS) is 30.7. The highest BCUT2D eigenvalue weighted by Crippen LogP contribution is 2.44. The maximum absolute atomic E-state index is 11.4. The van der Waals surface area contributed by atoms with E-state index in [1.807, 2.05) is 0 Å². The molecule has 8 atom stereocenters. The summed E-state index contributed by atoms with van der Waals surface area (Å²) in [6, 6.07) is 0. The number of halogens is 1. The van der Waals surface area contributed by atoms with Crippen LogP contribution in [0.1, 0.15) is 111 Å². The standard InChI is InChI=1S/C33H55BrO6/c1-24(2)17-18-25(3)29(39-32-15-9-11-21-37-32)20-19-27-26(13-7-5-6-8-14-31(35)36-4)28(34)23-30(27)40-33-16-10-12-22-38-33/h17,19-20,25-30,32-33H,5-16,18,21-23H2,1-4H3/b20-19+/t25?,26-,27-,28-,29-,30-,32?,33?/m1/s1. The smallest absolute Gasteiger partial charge is 0.305 e. The van der Waals surface area contributed by atoms with Crippen LogP contribution in [-0.4, -0.2) is 55.9 Å². The molecule has 2 heterocycles. The quantitative estimate of drug-likeness (QED) is 0.0743. The van der Waals surface area contributed by atoms with E-state index in [2.05, 4.69) is 54.9 Å². The molecule has 6 nitrogen and oxygen atoms in total. The molecule has 2 aliphatic heterocycles. The molecule has 0 amide bonds. The Kier molecular flexibility index (Phi) is 15.8. The number of hydrogen-bond acceptors (Lipinski definition) is 6. The van der Waals surface area contributed by atoms with Crippen molar-refractivity contribution in [2.24, 2.45) is 17.8 Å². The van der Waals surface area contributed by atoms with Crippen molar-refractivity contribution in [1.82, 2.24) is 0 Å². The molecule has 3 rings (SSSR count). The largest absolute Gasteiger partial charge is 0.469 e. The minimum atomic E-state index is -0.117. The SMILES string of the molecule is COC(=O)CCCCCC[C@@H]1[C@@H](/C=C/[C@@H](OC2CCCCO2)C(C)CC=C(C)C)[C@H](OC2CCCCO2)C[C@H]1Br. The van der Waals surface area contributed by atoms with Gasteiger partial charge in [-0.05, 0) is 89.9 Å². The van der Waals surface area contributed by atoms with E-state index in [4.69, 9.17) is 23.7 Å². The molecule has 1 saturated carbocycles. The van der Waals surface area contributed by atoms with E-state index in [0.29, 0.717) is 29.0 Å². The van der Waals surface area contributed by atoms with Crippen molar-refractivity contribution >= 4 is 21.9 Å². The summed E-state index contributed by atoms with van der Waals surface area (Å²) in [7, 11) is 1.46. The minimum absolute atomic E-state index is 0.00127. The summed E-state index contributed by atoms with van der Waals surface area (Å²) in [5.41, 5.74) is 1.34. The Balaban J connectivity index is 1.68. The monoisotopic (exact) mass is 626 g/mol. The summed E-state index contributed by atoms with van der Waals surface area (Å²) in [6.07, 6.45) is 21.4. The van der Waals surface area contributed by atoms with Gasteiger partial charge in [0.15, 0.2) is 12.6 Å². The lowest BCUT2D eigenvalue weighted by atomic mass is 9.88. The maximum atomic E-state index is 11.4. The van der Waals surface area contributed by atoms with Gasteiger partial charge in [0.1, 0.15) is 0 Å². The first-order chi connectivity index (χ1) is 19.4. The lowest BCUT2D eigenvalue weighted by Crippen LogP contribution is -2.32. The van der Waals surface area contributed by atoms with Gasteiger partial charge in [-0.25, -0.2) is 0 Å². The molecule has 0 radical (unpaired) electrons. The summed E-state index contributed by atoms with van der Waals surface area (Å²) in [5, 5.41) is 0. The molecule has 0 aromatic heterocycles. The highest BCUT2D eigenvalue weighted by molar-refractivity contribution is 9.09. The van der Waals surface area contributed by atoms with Crippen LogP contribution in [0.25, 0.3) is 0 Å². The van der Waals surface area contributed by atoms with Gasteiger partial charge in [-0.15, -0.1) is 0 Å². The predicted octanol–water partition coefficient (Wildman–Crippen LogP) is 8.27. The van der Waals surface area contributed by atoms with Crippen molar-refractivity contribution in [2.75, 3.05) is 20.3 Å². The average molecular weight is 628 g/mol. The zero-order valence-electron chi connectivity index (χ0n) is 25.5. The molecular formula is C33H55BrO6. The van der Waals surface area contributed by atoms with Crippen molar-refractivity contribution in [3.8, 4) is 0 Å². The molecule has 0 N–H and O–H groups in total. The molecule has 0 bridgehead atoms. The Hall–Kier alpha value is -0.730. The topological polar surface area (TPSA) is 63.2 Å². The van der Waals surface area contributed by atoms with E-state index in [-0.39, 0.29) is 30.8 Å². The zero-order chi connectivity index (χ0) is 28.7. The third kappa shape index (κ3) is 11.9. The van der Waals surface area contributed by atoms with Crippen LogP contribution in [0.15, 0.2) is 23.8 Å². The molecule has 0 aromatic rings. The molecule has 0 aromatic carbocycles. The van der Waals surface area contributed by atoms with Gasteiger partial charge in [0.25, 0.3) is 0 Å². The summed E-state index contributed by atoms with van der Waals surface area (Å²) < 4.78 is 30.0. The molecule has 40 heavy (non-hydrogen) atoms. The van der Waals surface area contributed by atoms with Crippen LogP contribution in [0.5, 0.6) is 0 Å². The maximum Gasteiger partial charge on any atom is 0.305 e. The van der Waals surface area contributed by atoms with Crippen molar-refractivity contribution in [3.05, 3.63) is 23.8 Å². The molecule has 3 aliphatic rings. The molecule has 7 heteroatoms. The van der Waals surface area contributed by atoms with Gasteiger partial charge in [-0.3, -0.25) is 4.79 Å². The molecule has 2 saturated heterocycles. The fraction of sp³-hybridized carbons (Fsp3) is 0.848. The number of carbonyl (C=O) groups excluding carboxylic acids is 1. The average Bonchev–Trinajstić information content (AvgIpc) is 3.25. The number of rotatable bonds is 16. The number of hydrogen-bond donors (Lipinski definition) is 0. The molecular weight excluding hydrogens is 572 g/mol. The number of unbranched alkanes of at least 4 members (excludes halogenated alkanes) is 3. The number of methoxy groups -OCH3 is 1. The highest BCUT2D eigenvalue weighted by atomic mass is 79.9. The fourth-order valence-electron chi connectivity index (χ4n) is 6.13. The summed E-state index contributed by atoms with van der Waals surface area (Å²) in [6.45, 7) is 8.19.